The van der Waals surface area contributed by atoms with Crippen LogP contribution in [-0.2, 0) is 0 Å². The summed E-state index contributed by atoms with van der Waals surface area (Å²) in [6.07, 6.45) is 1.71. The summed E-state index contributed by atoms with van der Waals surface area (Å²) in [6.45, 7) is 2.01. The van der Waals surface area contributed by atoms with Crippen LogP contribution in [0.1, 0.15) is 22.9 Å². The molecule has 2 aromatic rings. The Kier molecular flexibility index (Phi) is 4.02. The number of hydrogen-bond acceptors (Lipinski definition) is 4. The van der Waals surface area contributed by atoms with E-state index in [9.17, 15) is 0 Å². The van der Waals surface area contributed by atoms with E-state index in [4.69, 9.17) is 15.2 Å². The van der Waals surface area contributed by atoms with Gasteiger partial charge in [0.2, 0.25) is 0 Å². The van der Waals surface area contributed by atoms with Gasteiger partial charge in [0.05, 0.1) is 20.3 Å². The summed E-state index contributed by atoms with van der Waals surface area (Å²) in [4.78, 5) is 4.32. The molecule has 1 aromatic carbocycles. The predicted octanol–water partition coefficient (Wildman–Crippen LogP) is 2.46. The maximum Gasteiger partial charge on any atom is 0.142 e. The molecule has 100 valence electrons. The smallest absolute Gasteiger partial charge is 0.142 e. The highest BCUT2D eigenvalue weighted by Crippen LogP contribution is 2.32. The second-order valence-corrected chi connectivity index (χ2v) is 4.31. The second kappa shape index (κ2) is 5.71. The Hall–Kier alpha value is -2.07. The van der Waals surface area contributed by atoms with Gasteiger partial charge in [0, 0.05) is 11.8 Å². The Balaban J connectivity index is 2.46. The zero-order valence-electron chi connectivity index (χ0n) is 11.4. The third-order valence-corrected chi connectivity index (χ3v) is 3.04. The van der Waals surface area contributed by atoms with Crippen molar-refractivity contribution in [1.29, 1.82) is 0 Å². The first-order chi connectivity index (χ1) is 9.17. The van der Waals surface area contributed by atoms with Crippen molar-refractivity contribution in [3.05, 3.63) is 53.3 Å². The molecule has 0 radical (unpaired) electrons. The highest BCUT2D eigenvalue weighted by molar-refractivity contribution is 5.45. The lowest BCUT2D eigenvalue weighted by Crippen LogP contribution is -2.15. The fourth-order valence-corrected chi connectivity index (χ4v) is 2.03. The summed E-state index contributed by atoms with van der Waals surface area (Å²) < 4.78 is 10.7. The van der Waals surface area contributed by atoms with E-state index in [2.05, 4.69) is 4.98 Å². The van der Waals surface area contributed by atoms with Crippen molar-refractivity contribution >= 4 is 0 Å². The normalized spacial score (nSPS) is 12.0. The van der Waals surface area contributed by atoms with Crippen LogP contribution in [0.4, 0.5) is 0 Å². The van der Waals surface area contributed by atoms with E-state index in [-0.39, 0.29) is 6.04 Å². The molecule has 0 fully saturated rings. The number of methoxy groups -OCH3 is 2. The van der Waals surface area contributed by atoms with Crippen LogP contribution in [0, 0.1) is 6.92 Å². The average Bonchev–Trinajstić information content (AvgIpc) is 2.46. The molecule has 1 unspecified atom stereocenters. The first-order valence-corrected chi connectivity index (χ1v) is 6.06. The minimum atomic E-state index is -0.383. The predicted molar refractivity (Wildman–Crippen MR) is 74.6 cm³/mol. The van der Waals surface area contributed by atoms with Crippen LogP contribution in [0.25, 0.3) is 0 Å². The summed E-state index contributed by atoms with van der Waals surface area (Å²) in [7, 11) is 3.25. The van der Waals surface area contributed by atoms with Gasteiger partial charge in [0.25, 0.3) is 0 Å². The van der Waals surface area contributed by atoms with Crippen molar-refractivity contribution in [3.63, 3.8) is 0 Å². The molecule has 0 spiro atoms. The average molecular weight is 258 g/mol. The number of nitrogens with zero attached hydrogens (tertiary/aromatic N) is 1. The molecule has 0 amide bonds. The van der Waals surface area contributed by atoms with Crippen molar-refractivity contribution < 1.29 is 9.47 Å². The van der Waals surface area contributed by atoms with Gasteiger partial charge in [-0.1, -0.05) is 12.1 Å². The number of rotatable bonds is 4. The zero-order valence-corrected chi connectivity index (χ0v) is 11.4. The monoisotopic (exact) mass is 258 g/mol. The number of nitrogens with two attached hydrogens (primary N) is 1. The number of aromatic nitrogens is 1. The number of benzene rings is 1. The summed E-state index contributed by atoms with van der Waals surface area (Å²) in [5.74, 6) is 1.44. The largest absolute Gasteiger partial charge is 0.496 e. The molecule has 0 saturated carbocycles. The van der Waals surface area contributed by atoms with Crippen LogP contribution in [0.5, 0.6) is 11.5 Å². The molecule has 0 bridgehead atoms. The zero-order chi connectivity index (χ0) is 13.8. The third kappa shape index (κ3) is 2.69. The summed E-state index contributed by atoms with van der Waals surface area (Å²) in [5.41, 5.74) is 9.02. The molecule has 2 N–H and O–H groups in total. The fourth-order valence-electron chi connectivity index (χ4n) is 2.03. The SMILES string of the molecule is COc1cc(C)ccc1C(N)c1ncccc1OC. The lowest BCUT2D eigenvalue weighted by atomic mass is 10.0. The topological polar surface area (TPSA) is 57.4 Å². The highest BCUT2D eigenvalue weighted by atomic mass is 16.5. The number of ether oxygens (including phenoxy) is 2. The second-order valence-electron chi connectivity index (χ2n) is 4.31. The van der Waals surface area contributed by atoms with Gasteiger partial charge in [-0.2, -0.15) is 0 Å². The molecule has 1 heterocycles. The molecule has 1 atom stereocenters. The minimum Gasteiger partial charge on any atom is -0.496 e. The molecular weight excluding hydrogens is 240 g/mol. The molecule has 0 aliphatic rings. The van der Waals surface area contributed by atoms with Crippen LogP contribution >= 0.6 is 0 Å². The van der Waals surface area contributed by atoms with E-state index in [0.717, 1.165) is 16.9 Å². The first kappa shape index (κ1) is 13.4. The number of pyridine rings is 1. The molecule has 0 aliphatic carbocycles. The molecule has 2 rings (SSSR count). The van der Waals surface area contributed by atoms with Gasteiger partial charge in [-0.15, -0.1) is 0 Å². The van der Waals surface area contributed by atoms with Crippen LogP contribution < -0.4 is 15.2 Å². The van der Waals surface area contributed by atoms with E-state index in [1.165, 1.54) is 0 Å². The Morgan fingerprint density at radius 1 is 1.11 bits per heavy atom. The molecular formula is C15H18N2O2. The molecule has 4 nitrogen and oxygen atoms in total. The van der Waals surface area contributed by atoms with Crippen molar-refractivity contribution in [3.8, 4) is 11.5 Å². The lowest BCUT2D eigenvalue weighted by Gasteiger charge is -2.17. The van der Waals surface area contributed by atoms with Gasteiger partial charge in [-0.25, -0.2) is 0 Å². The Morgan fingerprint density at radius 2 is 1.84 bits per heavy atom. The first-order valence-electron chi connectivity index (χ1n) is 6.06. The van der Waals surface area contributed by atoms with Crippen LogP contribution in [0.3, 0.4) is 0 Å². The van der Waals surface area contributed by atoms with Crippen molar-refractivity contribution in [2.75, 3.05) is 14.2 Å². The van der Waals surface area contributed by atoms with E-state index in [1.807, 2.05) is 37.3 Å². The molecule has 1 aromatic heterocycles. The Morgan fingerprint density at radius 3 is 2.53 bits per heavy atom. The van der Waals surface area contributed by atoms with Gasteiger partial charge in [0.1, 0.15) is 17.2 Å². The van der Waals surface area contributed by atoms with E-state index < -0.39 is 0 Å². The number of hydrogen-bond donors (Lipinski definition) is 1. The quantitative estimate of drug-likeness (QED) is 0.915. The van der Waals surface area contributed by atoms with E-state index in [0.29, 0.717) is 11.4 Å². The van der Waals surface area contributed by atoms with Crippen LogP contribution in [0.2, 0.25) is 0 Å². The van der Waals surface area contributed by atoms with Gasteiger partial charge in [-0.05, 0) is 30.7 Å². The summed E-state index contributed by atoms with van der Waals surface area (Å²) in [6, 6.07) is 9.22. The van der Waals surface area contributed by atoms with Gasteiger partial charge in [0.15, 0.2) is 0 Å². The molecule has 0 aliphatic heterocycles. The molecule has 0 saturated heterocycles. The highest BCUT2D eigenvalue weighted by Gasteiger charge is 2.18. The van der Waals surface area contributed by atoms with Gasteiger partial charge >= 0.3 is 0 Å². The minimum absolute atomic E-state index is 0.383. The third-order valence-electron chi connectivity index (χ3n) is 3.04. The fraction of sp³-hybridized carbons (Fsp3) is 0.267. The number of aryl methyl sites for hydroxylation is 1. The Bertz CT molecular complexity index is 570. The maximum absolute atomic E-state index is 6.30. The standard InChI is InChI=1S/C15H18N2O2/c1-10-6-7-11(13(9-10)19-3)14(16)15-12(18-2)5-4-8-17-15/h4-9,14H,16H2,1-3H3. The van der Waals surface area contributed by atoms with Gasteiger partial charge < -0.3 is 15.2 Å². The Labute approximate surface area is 113 Å². The van der Waals surface area contributed by atoms with Crippen molar-refractivity contribution in [1.82, 2.24) is 4.98 Å². The molecule has 4 heteroatoms. The lowest BCUT2D eigenvalue weighted by molar-refractivity contribution is 0.397. The maximum atomic E-state index is 6.30. The van der Waals surface area contributed by atoms with E-state index >= 15 is 0 Å². The van der Waals surface area contributed by atoms with E-state index in [1.54, 1.807) is 20.4 Å². The summed E-state index contributed by atoms with van der Waals surface area (Å²) in [5, 5.41) is 0. The summed E-state index contributed by atoms with van der Waals surface area (Å²) >= 11 is 0. The van der Waals surface area contributed by atoms with Crippen molar-refractivity contribution in [2.24, 2.45) is 5.73 Å². The molecule has 19 heavy (non-hydrogen) atoms. The van der Waals surface area contributed by atoms with Gasteiger partial charge in [-0.3, -0.25) is 4.98 Å². The van der Waals surface area contributed by atoms with Crippen LogP contribution in [0.15, 0.2) is 36.5 Å². The van der Waals surface area contributed by atoms with Crippen LogP contribution in [-0.4, -0.2) is 19.2 Å². The van der Waals surface area contributed by atoms with Crippen molar-refractivity contribution in [2.45, 2.75) is 13.0 Å².